The lowest BCUT2D eigenvalue weighted by Gasteiger charge is -2.07. The number of esters is 1. The fraction of sp³-hybridized carbons (Fsp3) is 0.231. The number of hydrogen-bond donors (Lipinski definition) is 1. The predicted molar refractivity (Wildman–Crippen MR) is 64.1 cm³/mol. The second-order valence-electron chi connectivity index (χ2n) is 4.15. The molecule has 2 aromatic rings. The van der Waals surface area contributed by atoms with Gasteiger partial charge >= 0.3 is 12.1 Å². The predicted octanol–water partition coefficient (Wildman–Crippen LogP) is 2.94. The maximum Gasteiger partial charge on any atom is 0.416 e. The Morgan fingerprint density at radius 1 is 1.30 bits per heavy atom. The lowest BCUT2D eigenvalue weighted by atomic mass is 10.1. The smallest absolute Gasteiger partial charge is 0.406 e. The van der Waals surface area contributed by atoms with E-state index in [1.165, 1.54) is 25.4 Å². The minimum Gasteiger partial charge on any atom is -0.406 e. The number of imidazole rings is 1. The summed E-state index contributed by atoms with van der Waals surface area (Å²) in [5.74, 6) is -0.372. The van der Waals surface area contributed by atoms with Gasteiger partial charge in [-0.15, -0.1) is 0 Å². The summed E-state index contributed by atoms with van der Waals surface area (Å²) in [6, 6.07) is 4.77. The number of nitrogens with one attached hydrogen (secondary N) is 1. The highest BCUT2D eigenvalue weighted by Crippen LogP contribution is 2.29. The van der Waals surface area contributed by atoms with Gasteiger partial charge in [0.1, 0.15) is 0 Å². The highest BCUT2D eigenvalue weighted by Gasteiger charge is 2.29. The van der Waals surface area contributed by atoms with E-state index in [1.54, 1.807) is 0 Å². The first-order valence-electron chi connectivity index (χ1n) is 5.73. The SMILES string of the molecule is CC(=O)Oc1nc[nH]c1Cc1ccc(C(F)(F)F)cc1. The zero-order valence-corrected chi connectivity index (χ0v) is 10.5. The molecule has 0 aliphatic rings. The van der Waals surface area contributed by atoms with Crippen molar-refractivity contribution >= 4 is 5.97 Å². The van der Waals surface area contributed by atoms with Gasteiger partial charge in [-0.3, -0.25) is 4.79 Å². The molecule has 1 aromatic carbocycles. The van der Waals surface area contributed by atoms with Crippen LogP contribution in [0.1, 0.15) is 23.7 Å². The molecule has 0 amide bonds. The minimum absolute atomic E-state index is 0.136. The number of hydrogen-bond acceptors (Lipinski definition) is 3. The highest BCUT2D eigenvalue weighted by atomic mass is 19.4. The van der Waals surface area contributed by atoms with Crippen LogP contribution in [0.3, 0.4) is 0 Å². The van der Waals surface area contributed by atoms with Gasteiger partial charge in [0.2, 0.25) is 5.88 Å². The van der Waals surface area contributed by atoms with E-state index >= 15 is 0 Å². The molecule has 0 saturated carbocycles. The summed E-state index contributed by atoms with van der Waals surface area (Å²) in [5.41, 5.74) is 0.474. The Bertz CT molecular complexity index is 603. The molecule has 2 rings (SSSR count). The third kappa shape index (κ3) is 3.37. The van der Waals surface area contributed by atoms with Crippen LogP contribution >= 0.6 is 0 Å². The van der Waals surface area contributed by atoms with E-state index in [0.29, 0.717) is 17.7 Å². The first-order chi connectivity index (χ1) is 9.36. The number of nitrogens with zero attached hydrogens (tertiary/aromatic N) is 1. The summed E-state index contributed by atoms with van der Waals surface area (Å²) in [5, 5.41) is 0. The molecule has 0 bridgehead atoms. The van der Waals surface area contributed by atoms with E-state index in [4.69, 9.17) is 4.74 Å². The Balaban J connectivity index is 2.15. The van der Waals surface area contributed by atoms with Gasteiger partial charge in [0.15, 0.2) is 0 Å². The average molecular weight is 284 g/mol. The molecule has 0 aliphatic carbocycles. The molecule has 0 fully saturated rings. The number of rotatable bonds is 3. The molecule has 4 nitrogen and oxygen atoms in total. The van der Waals surface area contributed by atoms with Crippen molar-refractivity contribution in [3.63, 3.8) is 0 Å². The number of benzene rings is 1. The van der Waals surface area contributed by atoms with Gasteiger partial charge in [0.25, 0.3) is 0 Å². The van der Waals surface area contributed by atoms with Crippen molar-refractivity contribution in [3.8, 4) is 5.88 Å². The normalized spacial score (nSPS) is 11.4. The van der Waals surface area contributed by atoms with Crippen LogP contribution < -0.4 is 4.74 Å². The molecule has 0 radical (unpaired) electrons. The van der Waals surface area contributed by atoms with Crippen molar-refractivity contribution in [3.05, 3.63) is 47.4 Å². The third-order valence-electron chi connectivity index (χ3n) is 2.58. The van der Waals surface area contributed by atoms with Crippen molar-refractivity contribution in [2.45, 2.75) is 19.5 Å². The van der Waals surface area contributed by atoms with Gasteiger partial charge in [-0.05, 0) is 17.7 Å². The lowest BCUT2D eigenvalue weighted by Crippen LogP contribution is -2.05. The van der Waals surface area contributed by atoms with Gasteiger partial charge < -0.3 is 9.72 Å². The molecule has 106 valence electrons. The van der Waals surface area contributed by atoms with Crippen molar-refractivity contribution in [1.29, 1.82) is 0 Å². The van der Waals surface area contributed by atoms with Gasteiger partial charge in [0.05, 0.1) is 17.6 Å². The number of ether oxygens (including phenoxy) is 1. The van der Waals surface area contributed by atoms with Crippen molar-refractivity contribution in [2.75, 3.05) is 0 Å². The number of carbonyl (C=O) groups is 1. The molecular formula is C13H11F3N2O2. The quantitative estimate of drug-likeness (QED) is 0.882. The average Bonchev–Trinajstić information content (AvgIpc) is 2.75. The van der Waals surface area contributed by atoms with Crippen molar-refractivity contribution in [1.82, 2.24) is 9.97 Å². The molecule has 7 heteroatoms. The van der Waals surface area contributed by atoms with Crippen LogP contribution in [0.15, 0.2) is 30.6 Å². The number of aromatic amines is 1. The van der Waals surface area contributed by atoms with Crippen LogP contribution in [-0.2, 0) is 17.4 Å². The second kappa shape index (κ2) is 5.36. The van der Waals surface area contributed by atoms with Gasteiger partial charge in [-0.25, -0.2) is 4.98 Å². The van der Waals surface area contributed by atoms with Crippen LogP contribution in [0.4, 0.5) is 13.2 Å². The highest BCUT2D eigenvalue weighted by molar-refractivity contribution is 5.69. The number of aromatic nitrogens is 2. The Morgan fingerprint density at radius 2 is 1.95 bits per heavy atom. The monoisotopic (exact) mass is 284 g/mol. The Morgan fingerprint density at radius 3 is 2.50 bits per heavy atom. The van der Waals surface area contributed by atoms with Crippen molar-refractivity contribution < 1.29 is 22.7 Å². The molecule has 20 heavy (non-hydrogen) atoms. The van der Waals surface area contributed by atoms with E-state index < -0.39 is 17.7 Å². The fourth-order valence-electron chi connectivity index (χ4n) is 1.67. The lowest BCUT2D eigenvalue weighted by molar-refractivity contribution is -0.137. The molecule has 0 aliphatic heterocycles. The number of alkyl halides is 3. The molecule has 1 aromatic heterocycles. The molecule has 0 unspecified atom stereocenters. The summed E-state index contributed by atoms with van der Waals surface area (Å²) in [4.78, 5) is 17.5. The first-order valence-corrected chi connectivity index (χ1v) is 5.73. The van der Waals surface area contributed by atoms with E-state index in [9.17, 15) is 18.0 Å². The summed E-state index contributed by atoms with van der Waals surface area (Å²) in [7, 11) is 0. The summed E-state index contributed by atoms with van der Waals surface area (Å²) in [6.45, 7) is 1.25. The minimum atomic E-state index is -4.35. The number of carbonyl (C=O) groups excluding carboxylic acids is 1. The first kappa shape index (κ1) is 14.1. The van der Waals surface area contributed by atoms with Crippen LogP contribution in [0.2, 0.25) is 0 Å². The standard InChI is InChI=1S/C13H11F3N2O2/c1-8(19)20-12-11(17-7-18-12)6-9-2-4-10(5-3-9)13(14,15)16/h2-5,7H,6H2,1H3,(H,17,18). The number of halogens is 3. The molecule has 0 spiro atoms. The maximum atomic E-state index is 12.4. The van der Waals surface area contributed by atoms with E-state index in [1.807, 2.05) is 0 Å². The van der Waals surface area contributed by atoms with Gasteiger partial charge in [-0.1, -0.05) is 12.1 Å². The topological polar surface area (TPSA) is 55.0 Å². The molecule has 1 N–H and O–H groups in total. The molecule has 0 atom stereocenters. The molecular weight excluding hydrogens is 273 g/mol. The van der Waals surface area contributed by atoms with E-state index in [-0.39, 0.29) is 5.88 Å². The second-order valence-corrected chi connectivity index (χ2v) is 4.15. The van der Waals surface area contributed by atoms with Crippen LogP contribution in [0, 0.1) is 0 Å². The fourth-order valence-corrected chi connectivity index (χ4v) is 1.67. The summed E-state index contributed by atoms with van der Waals surface area (Å²) < 4.78 is 42.2. The van der Waals surface area contributed by atoms with E-state index in [0.717, 1.165) is 12.1 Å². The molecule has 1 heterocycles. The van der Waals surface area contributed by atoms with Crippen LogP contribution in [0.5, 0.6) is 5.88 Å². The Hall–Kier alpha value is -2.31. The largest absolute Gasteiger partial charge is 0.416 e. The summed E-state index contributed by atoms with van der Waals surface area (Å²) in [6.07, 6.45) is -2.70. The summed E-state index contributed by atoms with van der Waals surface area (Å²) >= 11 is 0. The zero-order valence-electron chi connectivity index (χ0n) is 10.5. The number of H-pyrrole nitrogens is 1. The Labute approximate surface area is 112 Å². The van der Waals surface area contributed by atoms with Crippen LogP contribution in [0.25, 0.3) is 0 Å². The third-order valence-corrected chi connectivity index (χ3v) is 2.58. The van der Waals surface area contributed by atoms with Gasteiger partial charge in [0, 0.05) is 13.3 Å². The van der Waals surface area contributed by atoms with Gasteiger partial charge in [-0.2, -0.15) is 13.2 Å². The van der Waals surface area contributed by atoms with Crippen LogP contribution in [-0.4, -0.2) is 15.9 Å². The molecule has 0 saturated heterocycles. The maximum absolute atomic E-state index is 12.4. The van der Waals surface area contributed by atoms with Crippen molar-refractivity contribution in [2.24, 2.45) is 0 Å². The van der Waals surface area contributed by atoms with E-state index in [2.05, 4.69) is 9.97 Å². The zero-order chi connectivity index (χ0) is 14.8. The Kier molecular flexibility index (Phi) is 3.78.